The van der Waals surface area contributed by atoms with Crippen molar-refractivity contribution in [2.45, 2.75) is 19.1 Å². The smallest absolute Gasteiger partial charge is 0.248 e. The molecule has 2 fully saturated rings. The Labute approximate surface area is 143 Å². The molecule has 2 saturated heterocycles. The zero-order valence-electron chi connectivity index (χ0n) is 14.7. The first-order chi connectivity index (χ1) is 11.5. The van der Waals surface area contributed by atoms with E-state index in [9.17, 15) is 4.79 Å². The lowest BCUT2D eigenvalue weighted by molar-refractivity contribution is -0.143. The summed E-state index contributed by atoms with van der Waals surface area (Å²) in [6.07, 6.45) is 0. The van der Waals surface area contributed by atoms with Gasteiger partial charge in [-0.15, -0.1) is 0 Å². The maximum absolute atomic E-state index is 11.8. The zero-order chi connectivity index (χ0) is 17.2. The fourth-order valence-electron chi connectivity index (χ4n) is 3.46. The first-order valence-electron chi connectivity index (χ1n) is 8.33. The molecule has 2 aliphatic rings. The molecule has 1 unspecified atom stereocenters. The fraction of sp³-hybridized carbons (Fsp3) is 0.611. The van der Waals surface area contributed by atoms with Crippen LogP contribution in [0.2, 0.25) is 0 Å². The average molecular weight is 334 g/mol. The fourth-order valence-corrected chi connectivity index (χ4v) is 3.46. The third-order valence-corrected chi connectivity index (χ3v) is 4.81. The number of hydrogen-bond acceptors (Lipinski definition) is 5. The van der Waals surface area contributed by atoms with Crippen LogP contribution in [0.3, 0.4) is 0 Å². The van der Waals surface area contributed by atoms with Crippen molar-refractivity contribution in [3.63, 3.8) is 0 Å². The Kier molecular flexibility index (Phi) is 5.08. The first kappa shape index (κ1) is 17.2. The SMILES string of the molecule is COc1ccc(CN2CCOC3(COCC(=O)N(C)C3)C2)c(C)c1. The lowest BCUT2D eigenvalue weighted by atomic mass is 10.0. The number of carbonyl (C=O) groups is 1. The number of nitrogens with zero attached hydrogens (tertiary/aromatic N) is 2. The van der Waals surface area contributed by atoms with Crippen LogP contribution in [0.5, 0.6) is 5.75 Å². The largest absolute Gasteiger partial charge is 0.497 e. The molecule has 6 nitrogen and oxygen atoms in total. The predicted molar refractivity (Wildman–Crippen MR) is 90.1 cm³/mol. The number of benzene rings is 1. The molecule has 0 N–H and O–H groups in total. The van der Waals surface area contributed by atoms with Gasteiger partial charge in [0.05, 0.1) is 26.9 Å². The van der Waals surface area contributed by atoms with Crippen LogP contribution in [0.15, 0.2) is 18.2 Å². The number of methoxy groups -OCH3 is 1. The molecule has 0 saturated carbocycles. The van der Waals surface area contributed by atoms with Gasteiger partial charge in [-0.2, -0.15) is 0 Å². The van der Waals surface area contributed by atoms with Crippen LogP contribution in [0, 0.1) is 6.92 Å². The zero-order valence-corrected chi connectivity index (χ0v) is 14.7. The van der Waals surface area contributed by atoms with Crippen molar-refractivity contribution < 1.29 is 19.0 Å². The Morgan fingerprint density at radius 1 is 1.33 bits per heavy atom. The van der Waals surface area contributed by atoms with Gasteiger partial charge < -0.3 is 19.1 Å². The molecule has 1 aromatic carbocycles. The summed E-state index contributed by atoms with van der Waals surface area (Å²) in [4.78, 5) is 15.9. The van der Waals surface area contributed by atoms with E-state index in [0.29, 0.717) is 19.8 Å². The third kappa shape index (κ3) is 3.71. The summed E-state index contributed by atoms with van der Waals surface area (Å²) < 4.78 is 16.9. The van der Waals surface area contributed by atoms with Gasteiger partial charge in [0, 0.05) is 26.7 Å². The highest BCUT2D eigenvalue weighted by Gasteiger charge is 2.41. The molecule has 0 aromatic heterocycles. The normalized spacial score (nSPS) is 25.8. The second-order valence-corrected chi connectivity index (χ2v) is 6.78. The number of rotatable bonds is 3. The van der Waals surface area contributed by atoms with Gasteiger partial charge in [-0.25, -0.2) is 0 Å². The molecule has 2 aliphatic heterocycles. The second kappa shape index (κ2) is 7.09. The highest BCUT2D eigenvalue weighted by molar-refractivity contribution is 5.77. The highest BCUT2D eigenvalue weighted by atomic mass is 16.5. The van der Waals surface area contributed by atoms with Crippen LogP contribution in [0.1, 0.15) is 11.1 Å². The molecule has 1 aromatic rings. The summed E-state index contributed by atoms with van der Waals surface area (Å²) in [7, 11) is 3.50. The van der Waals surface area contributed by atoms with Crippen molar-refractivity contribution in [3.8, 4) is 5.75 Å². The topological polar surface area (TPSA) is 51.2 Å². The van der Waals surface area contributed by atoms with Gasteiger partial charge in [0.1, 0.15) is 18.0 Å². The number of likely N-dealkylation sites (N-methyl/N-ethyl adjacent to an activating group) is 1. The van der Waals surface area contributed by atoms with E-state index < -0.39 is 5.60 Å². The molecule has 1 spiro atoms. The summed E-state index contributed by atoms with van der Waals surface area (Å²) in [5, 5.41) is 0. The minimum absolute atomic E-state index is 0.0126. The van der Waals surface area contributed by atoms with Crippen molar-refractivity contribution in [1.29, 1.82) is 0 Å². The van der Waals surface area contributed by atoms with Crippen molar-refractivity contribution >= 4 is 5.91 Å². The van der Waals surface area contributed by atoms with Crippen molar-refractivity contribution in [2.75, 3.05) is 53.6 Å². The molecule has 1 amide bonds. The number of amides is 1. The van der Waals surface area contributed by atoms with Crippen LogP contribution in [0.25, 0.3) is 0 Å². The van der Waals surface area contributed by atoms with Crippen LogP contribution in [-0.2, 0) is 20.8 Å². The second-order valence-electron chi connectivity index (χ2n) is 6.78. The van der Waals surface area contributed by atoms with Crippen LogP contribution in [-0.4, -0.2) is 74.9 Å². The number of ether oxygens (including phenoxy) is 3. The number of hydrogen-bond donors (Lipinski definition) is 0. The quantitative estimate of drug-likeness (QED) is 0.827. The molecule has 0 bridgehead atoms. The molecule has 3 rings (SSSR count). The summed E-state index contributed by atoms with van der Waals surface area (Å²) in [6.45, 7) is 6.43. The van der Waals surface area contributed by atoms with Crippen molar-refractivity contribution in [2.24, 2.45) is 0 Å². The minimum Gasteiger partial charge on any atom is -0.497 e. The molecule has 0 radical (unpaired) electrons. The standard InChI is InChI=1S/C18H26N2O4/c1-14-8-16(22-3)5-4-15(14)9-20-6-7-24-18(12-20)11-19(2)17(21)10-23-13-18/h4-5,8H,6-7,9-13H2,1-3H3. The third-order valence-electron chi connectivity index (χ3n) is 4.81. The average Bonchev–Trinajstić information content (AvgIpc) is 2.69. The molecular formula is C18H26N2O4. The Morgan fingerprint density at radius 2 is 2.17 bits per heavy atom. The van der Waals surface area contributed by atoms with E-state index >= 15 is 0 Å². The van der Waals surface area contributed by atoms with E-state index in [1.54, 1.807) is 12.0 Å². The lowest BCUT2D eigenvalue weighted by Gasteiger charge is -2.43. The van der Waals surface area contributed by atoms with E-state index in [-0.39, 0.29) is 12.5 Å². The van der Waals surface area contributed by atoms with E-state index in [0.717, 1.165) is 25.4 Å². The van der Waals surface area contributed by atoms with Gasteiger partial charge in [-0.3, -0.25) is 9.69 Å². The maximum Gasteiger partial charge on any atom is 0.248 e. The van der Waals surface area contributed by atoms with Crippen LogP contribution in [0.4, 0.5) is 0 Å². The Balaban J connectivity index is 1.70. The molecule has 6 heteroatoms. The summed E-state index contributed by atoms with van der Waals surface area (Å²) in [5.74, 6) is 0.894. The molecule has 132 valence electrons. The number of aryl methyl sites for hydroxylation is 1. The summed E-state index contributed by atoms with van der Waals surface area (Å²) >= 11 is 0. The maximum atomic E-state index is 11.8. The van der Waals surface area contributed by atoms with Crippen LogP contribution >= 0.6 is 0 Å². The predicted octanol–water partition coefficient (Wildman–Crippen LogP) is 1.06. The Morgan fingerprint density at radius 3 is 2.92 bits per heavy atom. The van der Waals surface area contributed by atoms with Crippen molar-refractivity contribution in [1.82, 2.24) is 9.80 Å². The molecule has 0 aliphatic carbocycles. The minimum atomic E-state index is -0.431. The van der Waals surface area contributed by atoms with E-state index in [1.807, 2.05) is 13.1 Å². The van der Waals surface area contributed by atoms with Gasteiger partial charge in [0.25, 0.3) is 0 Å². The van der Waals surface area contributed by atoms with Gasteiger partial charge in [0.2, 0.25) is 5.91 Å². The van der Waals surface area contributed by atoms with Crippen LogP contribution < -0.4 is 4.74 Å². The van der Waals surface area contributed by atoms with E-state index in [4.69, 9.17) is 14.2 Å². The van der Waals surface area contributed by atoms with Gasteiger partial charge in [-0.05, 0) is 30.2 Å². The van der Waals surface area contributed by atoms with Gasteiger partial charge >= 0.3 is 0 Å². The monoisotopic (exact) mass is 334 g/mol. The Bertz CT molecular complexity index is 607. The summed E-state index contributed by atoms with van der Waals surface area (Å²) in [5.41, 5.74) is 2.07. The molecule has 1 atom stereocenters. The van der Waals surface area contributed by atoms with Gasteiger partial charge in [-0.1, -0.05) is 6.07 Å². The van der Waals surface area contributed by atoms with Crippen molar-refractivity contribution in [3.05, 3.63) is 29.3 Å². The summed E-state index contributed by atoms with van der Waals surface area (Å²) in [6, 6.07) is 6.18. The number of morpholine rings is 1. The number of carbonyl (C=O) groups excluding carboxylic acids is 1. The van der Waals surface area contributed by atoms with E-state index in [2.05, 4.69) is 24.0 Å². The highest BCUT2D eigenvalue weighted by Crippen LogP contribution is 2.25. The lowest BCUT2D eigenvalue weighted by Crippen LogP contribution is -2.58. The molecular weight excluding hydrogens is 308 g/mol. The van der Waals surface area contributed by atoms with E-state index in [1.165, 1.54) is 11.1 Å². The molecule has 24 heavy (non-hydrogen) atoms. The molecule has 2 heterocycles. The Hall–Kier alpha value is -1.63. The first-order valence-corrected chi connectivity index (χ1v) is 8.33. The van der Waals surface area contributed by atoms with Gasteiger partial charge in [0.15, 0.2) is 0 Å².